The van der Waals surface area contributed by atoms with Crippen LogP contribution in [0.25, 0.3) is 0 Å². The van der Waals surface area contributed by atoms with Crippen molar-refractivity contribution in [3.05, 3.63) is 10.1 Å². The van der Waals surface area contributed by atoms with Gasteiger partial charge in [0, 0.05) is 4.92 Å². The van der Waals surface area contributed by atoms with Crippen molar-refractivity contribution in [2.45, 2.75) is 10.4 Å². The second kappa shape index (κ2) is 3.81. The number of alkyl halides is 1. The van der Waals surface area contributed by atoms with Crippen molar-refractivity contribution in [3.8, 4) is 0 Å². The summed E-state index contributed by atoms with van der Waals surface area (Å²) in [5, 5.41) is 10.6. The van der Waals surface area contributed by atoms with Gasteiger partial charge in [-0.2, -0.15) is 0 Å². The molecule has 0 radical (unpaired) electrons. The quantitative estimate of drug-likeness (QED) is 0.242. The maximum absolute atomic E-state index is 10.8. The van der Waals surface area contributed by atoms with Crippen molar-refractivity contribution in [1.82, 2.24) is 0 Å². The molecule has 1 aliphatic heterocycles. The van der Waals surface area contributed by atoms with Crippen LogP contribution in [-0.4, -0.2) is 33.1 Å². The Morgan fingerprint density at radius 1 is 1.85 bits per heavy atom. The van der Waals surface area contributed by atoms with Crippen LogP contribution in [-0.2, 0) is 0 Å². The molecule has 0 aromatic rings. The molecule has 5 nitrogen and oxygen atoms in total. The van der Waals surface area contributed by atoms with E-state index >= 15 is 0 Å². The van der Waals surface area contributed by atoms with E-state index < -0.39 is 15.3 Å². The van der Waals surface area contributed by atoms with Crippen molar-refractivity contribution in [2.24, 2.45) is 9.98 Å². The van der Waals surface area contributed by atoms with E-state index in [0.29, 0.717) is 0 Å². The first-order valence-electron chi connectivity index (χ1n) is 3.15. The molecule has 0 aliphatic carbocycles. The summed E-state index contributed by atoms with van der Waals surface area (Å²) in [6, 6.07) is 0. The Balaban J connectivity index is 3.17. The molecule has 0 saturated carbocycles. The Kier molecular flexibility index (Phi) is 3.15. The van der Waals surface area contributed by atoms with E-state index in [1.165, 1.54) is 6.26 Å². The third kappa shape index (κ3) is 1.53. The molecule has 13 heavy (non-hydrogen) atoms. The van der Waals surface area contributed by atoms with Gasteiger partial charge in [-0.05, 0) is 6.26 Å². The summed E-state index contributed by atoms with van der Waals surface area (Å²) < 4.78 is 0. The first-order chi connectivity index (χ1) is 6.05. The normalized spacial score (nSPS) is 32.8. The average Bonchev–Trinajstić information content (AvgIpc) is 2.05. The van der Waals surface area contributed by atoms with E-state index in [9.17, 15) is 10.1 Å². The van der Waals surface area contributed by atoms with E-state index in [4.69, 9.17) is 23.2 Å². The Bertz CT molecular complexity index is 296. The van der Waals surface area contributed by atoms with Crippen LogP contribution in [0.1, 0.15) is 0 Å². The van der Waals surface area contributed by atoms with Gasteiger partial charge in [-0.1, -0.05) is 35.0 Å². The van der Waals surface area contributed by atoms with Gasteiger partial charge in [0.1, 0.15) is 6.34 Å². The molecule has 0 spiro atoms. The number of nitrogens with zero attached hydrogens (tertiary/aromatic N) is 3. The van der Waals surface area contributed by atoms with Crippen LogP contribution in [0.2, 0.25) is 0 Å². The van der Waals surface area contributed by atoms with Crippen LogP contribution < -0.4 is 0 Å². The van der Waals surface area contributed by atoms with Gasteiger partial charge in [0.25, 0.3) is 0 Å². The average molecular weight is 242 g/mol. The van der Waals surface area contributed by atoms with Gasteiger partial charge in [-0.3, -0.25) is 10.1 Å². The van der Waals surface area contributed by atoms with E-state index in [0.717, 1.165) is 18.1 Å². The molecule has 0 amide bonds. The lowest BCUT2D eigenvalue weighted by molar-refractivity contribution is -0.516. The highest BCUT2D eigenvalue weighted by Crippen LogP contribution is 2.36. The highest BCUT2D eigenvalue weighted by atomic mass is 35.5. The molecule has 0 saturated heterocycles. The molecule has 0 bridgehead atoms. The van der Waals surface area contributed by atoms with Crippen LogP contribution >= 0.6 is 35.0 Å². The lowest BCUT2D eigenvalue weighted by atomic mass is 10.3. The van der Waals surface area contributed by atoms with Gasteiger partial charge >= 0.3 is 4.87 Å². The summed E-state index contributed by atoms with van der Waals surface area (Å²) in [5.41, 5.74) is -1.03. The lowest BCUT2D eigenvalue weighted by Crippen LogP contribution is -2.49. The zero-order chi connectivity index (χ0) is 10.1. The van der Waals surface area contributed by atoms with Crippen LogP contribution in [0.5, 0.6) is 0 Å². The number of rotatable bonds is 2. The molecular formula is C5H5Cl2N3O2S. The van der Waals surface area contributed by atoms with E-state index in [-0.39, 0.29) is 5.17 Å². The molecule has 0 N–H and O–H groups in total. The molecule has 1 rings (SSSR count). The van der Waals surface area contributed by atoms with Crippen LogP contribution in [0, 0.1) is 10.1 Å². The van der Waals surface area contributed by atoms with Gasteiger partial charge < -0.3 is 0 Å². The third-order valence-corrected chi connectivity index (χ3v) is 3.81. The summed E-state index contributed by atoms with van der Waals surface area (Å²) >= 11 is 12.3. The standard InChI is InChI=1S/C5H5Cl2N3O2S/c1-13-5(10(11)12)3(6)8-2-9-4(5)7/h2-3H,1H3. The topological polar surface area (TPSA) is 67.9 Å². The minimum absolute atomic E-state index is 0.153. The highest BCUT2D eigenvalue weighted by Gasteiger charge is 2.55. The van der Waals surface area contributed by atoms with E-state index in [1.807, 2.05) is 0 Å². The smallest absolute Gasteiger partial charge is 0.262 e. The van der Waals surface area contributed by atoms with Crippen molar-refractivity contribution in [2.75, 3.05) is 6.26 Å². The SMILES string of the molecule is CSC1([N+](=O)[O-])C(Cl)=NC=NC1Cl. The maximum Gasteiger partial charge on any atom is 0.354 e. The Labute approximate surface area is 88.4 Å². The van der Waals surface area contributed by atoms with Crippen molar-refractivity contribution < 1.29 is 4.92 Å². The zero-order valence-electron chi connectivity index (χ0n) is 6.48. The second-order valence-electron chi connectivity index (χ2n) is 2.18. The van der Waals surface area contributed by atoms with Gasteiger partial charge in [0.15, 0.2) is 5.17 Å². The first kappa shape index (κ1) is 10.7. The Morgan fingerprint density at radius 2 is 2.46 bits per heavy atom. The van der Waals surface area contributed by atoms with Crippen molar-refractivity contribution in [3.63, 3.8) is 0 Å². The summed E-state index contributed by atoms with van der Waals surface area (Å²) in [7, 11) is 0. The molecule has 8 heteroatoms. The number of nitro groups is 1. The maximum atomic E-state index is 10.8. The minimum atomic E-state index is -1.64. The highest BCUT2D eigenvalue weighted by molar-refractivity contribution is 8.00. The van der Waals surface area contributed by atoms with Gasteiger partial charge in [-0.15, -0.1) is 0 Å². The molecule has 72 valence electrons. The molecule has 2 unspecified atom stereocenters. The molecular weight excluding hydrogens is 237 g/mol. The monoisotopic (exact) mass is 241 g/mol. The summed E-state index contributed by atoms with van der Waals surface area (Å²) in [6.45, 7) is 0. The summed E-state index contributed by atoms with van der Waals surface area (Å²) in [5.74, 6) is 0. The number of halogens is 2. The fourth-order valence-corrected chi connectivity index (χ4v) is 2.48. The van der Waals surface area contributed by atoms with E-state index in [1.54, 1.807) is 0 Å². The van der Waals surface area contributed by atoms with Crippen LogP contribution in [0.3, 0.4) is 0 Å². The van der Waals surface area contributed by atoms with Crippen molar-refractivity contribution in [1.29, 1.82) is 0 Å². The molecule has 0 aromatic carbocycles. The fourth-order valence-electron chi connectivity index (χ4n) is 0.853. The number of thioether (sulfide) groups is 1. The Morgan fingerprint density at radius 3 is 2.77 bits per heavy atom. The number of aliphatic imine (C=N–C) groups is 2. The number of hydrogen-bond acceptors (Lipinski definition) is 5. The largest absolute Gasteiger partial charge is 0.354 e. The molecule has 2 atom stereocenters. The Hall–Kier alpha value is -0.330. The van der Waals surface area contributed by atoms with Gasteiger partial charge in [0.2, 0.25) is 5.50 Å². The lowest BCUT2D eigenvalue weighted by Gasteiger charge is -2.25. The predicted octanol–water partition coefficient (Wildman–Crippen LogP) is 1.57. The summed E-state index contributed by atoms with van der Waals surface area (Å²) in [4.78, 5) is 15.8. The van der Waals surface area contributed by atoms with Gasteiger partial charge in [0.05, 0.1) is 0 Å². The molecule has 0 aromatic heterocycles. The molecule has 1 aliphatic rings. The van der Waals surface area contributed by atoms with Crippen molar-refractivity contribution >= 4 is 46.5 Å². The predicted molar refractivity (Wildman–Crippen MR) is 54.7 cm³/mol. The fraction of sp³-hybridized carbons (Fsp3) is 0.600. The number of hydrogen-bond donors (Lipinski definition) is 0. The zero-order valence-corrected chi connectivity index (χ0v) is 8.81. The minimum Gasteiger partial charge on any atom is -0.262 e. The second-order valence-corrected chi connectivity index (χ2v) is 3.98. The third-order valence-electron chi connectivity index (χ3n) is 1.57. The molecule has 0 fully saturated rings. The van der Waals surface area contributed by atoms with Crippen LogP contribution in [0.15, 0.2) is 9.98 Å². The summed E-state index contributed by atoms with van der Waals surface area (Å²) in [6.07, 6.45) is 2.66. The van der Waals surface area contributed by atoms with Gasteiger partial charge in [-0.25, -0.2) is 9.98 Å². The van der Waals surface area contributed by atoms with E-state index in [2.05, 4.69) is 9.98 Å². The van der Waals surface area contributed by atoms with Crippen LogP contribution in [0.4, 0.5) is 0 Å². The first-order valence-corrected chi connectivity index (χ1v) is 5.18. The molecule has 1 heterocycles.